The van der Waals surface area contributed by atoms with Crippen LogP contribution < -0.4 is 5.32 Å². The van der Waals surface area contributed by atoms with Crippen LogP contribution in [-0.2, 0) is 25.8 Å². The van der Waals surface area contributed by atoms with Crippen molar-refractivity contribution >= 4 is 27.4 Å². The molecule has 23 heavy (non-hydrogen) atoms. The fraction of sp³-hybridized carbons (Fsp3) is 0.500. The molecule has 0 unspecified atom stereocenters. The Kier molecular flexibility index (Phi) is 4.52. The van der Waals surface area contributed by atoms with E-state index < -0.39 is 33.1 Å². The summed E-state index contributed by atoms with van der Waals surface area (Å²) in [6.07, 6.45) is 1.61. The molecule has 0 heterocycles. The monoisotopic (exact) mass is 339 g/mol. The van der Waals surface area contributed by atoms with Crippen LogP contribution >= 0.6 is 0 Å². The van der Waals surface area contributed by atoms with E-state index in [0.29, 0.717) is 12.1 Å². The Morgan fingerprint density at radius 3 is 2.17 bits per heavy atom. The Morgan fingerprint density at radius 2 is 1.74 bits per heavy atom. The SMILES string of the molecule is CC1(C)[C@H](C(=O)O)[C@@H]1C(=O)Nc1ccc(CCS(C)(=O)=O)cc1. The maximum Gasteiger partial charge on any atom is 0.307 e. The molecule has 1 saturated carbocycles. The van der Waals surface area contributed by atoms with Crippen molar-refractivity contribution in [2.24, 2.45) is 17.3 Å². The minimum Gasteiger partial charge on any atom is -0.481 e. The molecule has 0 aliphatic heterocycles. The van der Waals surface area contributed by atoms with Crippen LogP contribution in [0.2, 0.25) is 0 Å². The minimum absolute atomic E-state index is 0.0786. The van der Waals surface area contributed by atoms with Crippen LogP contribution in [-0.4, -0.2) is 37.4 Å². The molecule has 0 radical (unpaired) electrons. The Balaban J connectivity index is 1.96. The highest BCUT2D eigenvalue weighted by Crippen LogP contribution is 2.58. The predicted molar refractivity (Wildman–Crippen MR) is 86.9 cm³/mol. The molecule has 2 N–H and O–H groups in total. The third kappa shape index (κ3) is 4.10. The van der Waals surface area contributed by atoms with Crippen LogP contribution in [0.5, 0.6) is 0 Å². The van der Waals surface area contributed by atoms with Crippen molar-refractivity contribution in [2.45, 2.75) is 20.3 Å². The van der Waals surface area contributed by atoms with E-state index in [0.717, 1.165) is 5.56 Å². The zero-order chi connectivity index (χ0) is 17.4. The van der Waals surface area contributed by atoms with Gasteiger partial charge in [0.1, 0.15) is 9.84 Å². The minimum atomic E-state index is -3.01. The number of amides is 1. The number of benzene rings is 1. The number of anilines is 1. The molecule has 0 bridgehead atoms. The normalized spacial score (nSPS) is 22.4. The third-order valence-corrected chi connectivity index (χ3v) is 5.30. The summed E-state index contributed by atoms with van der Waals surface area (Å²) in [7, 11) is -3.01. The summed E-state index contributed by atoms with van der Waals surface area (Å²) in [5, 5.41) is 11.8. The van der Waals surface area contributed by atoms with Crippen molar-refractivity contribution in [1.82, 2.24) is 0 Å². The first kappa shape index (κ1) is 17.5. The van der Waals surface area contributed by atoms with E-state index in [1.54, 1.807) is 38.1 Å². The lowest BCUT2D eigenvalue weighted by molar-refractivity contribution is -0.140. The maximum absolute atomic E-state index is 12.2. The lowest BCUT2D eigenvalue weighted by Gasteiger charge is -2.07. The van der Waals surface area contributed by atoms with E-state index >= 15 is 0 Å². The quantitative estimate of drug-likeness (QED) is 0.819. The van der Waals surface area contributed by atoms with Crippen molar-refractivity contribution in [3.8, 4) is 0 Å². The number of carbonyl (C=O) groups excluding carboxylic acids is 1. The van der Waals surface area contributed by atoms with Crippen LogP contribution in [0.25, 0.3) is 0 Å². The van der Waals surface area contributed by atoms with Crippen molar-refractivity contribution in [3.05, 3.63) is 29.8 Å². The molecule has 0 saturated heterocycles. The largest absolute Gasteiger partial charge is 0.481 e. The van der Waals surface area contributed by atoms with Crippen LogP contribution in [0.4, 0.5) is 5.69 Å². The molecular formula is C16H21NO5S. The number of sulfone groups is 1. The fourth-order valence-electron chi connectivity index (χ4n) is 2.87. The number of aryl methyl sites for hydroxylation is 1. The van der Waals surface area contributed by atoms with Crippen LogP contribution in [0.15, 0.2) is 24.3 Å². The third-order valence-electron chi connectivity index (χ3n) is 4.36. The summed E-state index contributed by atoms with van der Waals surface area (Å²) in [6, 6.07) is 6.91. The van der Waals surface area contributed by atoms with E-state index in [-0.39, 0.29) is 11.7 Å². The second kappa shape index (κ2) is 5.96. The number of rotatable bonds is 6. The molecule has 1 aromatic carbocycles. The van der Waals surface area contributed by atoms with Crippen LogP contribution in [0.1, 0.15) is 19.4 Å². The highest BCUT2D eigenvalue weighted by molar-refractivity contribution is 7.90. The molecular weight excluding hydrogens is 318 g/mol. The molecule has 1 aliphatic rings. The Bertz CT molecular complexity index is 721. The number of carbonyl (C=O) groups is 2. The average molecular weight is 339 g/mol. The van der Waals surface area contributed by atoms with Gasteiger partial charge in [-0.1, -0.05) is 26.0 Å². The summed E-state index contributed by atoms with van der Waals surface area (Å²) in [4.78, 5) is 23.3. The standard InChI is InChI=1S/C16H21NO5S/c1-16(2)12(13(16)15(19)20)14(18)17-11-6-4-10(5-7-11)8-9-23(3,21)22/h4-7,12-13H,8-9H2,1-3H3,(H,17,18)(H,19,20)/t12-,13+/m1/s1. The lowest BCUT2D eigenvalue weighted by atomic mass is 10.1. The van der Waals surface area contributed by atoms with Crippen LogP contribution in [0, 0.1) is 17.3 Å². The number of hydrogen-bond donors (Lipinski definition) is 2. The summed E-state index contributed by atoms with van der Waals surface area (Å²) in [5.41, 5.74) is 0.902. The molecule has 7 heteroatoms. The first-order valence-corrected chi connectivity index (χ1v) is 9.39. The molecule has 126 valence electrons. The van der Waals surface area contributed by atoms with Gasteiger partial charge < -0.3 is 10.4 Å². The molecule has 0 aromatic heterocycles. The molecule has 2 rings (SSSR count). The van der Waals surface area contributed by atoms with E-state index in [1.165, 1.54) is 6.26 Å². The summed E-state index contributed by atoms with van der Waals surface area (Å²) >= 11 is 0. The highest BCUT2D eigenvalue weighted by atomic mass is 32.2. The van der Waals surface area contributed by atoms with Crippen molar-refractivity contribution < 1.29 is 23.1 Å². The summed E-state index contributed by atoms with van der Waals surface area (Å²) in [5.74, 6) is -2.37. The van der Waals surface area contributed by atoms with Gasteiger partial charge in [0.15, 0.2) is 0 Å². The Labute approximate surface area is 135 Å². The molecule has 0 spiro atoms. The number of aliphatic carboxylic acids is 1. The first-order valence-electron chi connectivity index (χ1n) is 7.33. The molecule has 1 aliphatic carbocycles. The zero-order valence-electron chi connectivity index (χ0n) is 13.4. The van der Waals surface area contributed by atoms with Gasteiger partial charge in [0.2, 0.25) is 5.91 Å². The van der Waals surface area contributed by atoms with E-state index in [9.17, 15) is 18.0 Å². The zero-order valence-corrected chi connectivity index (χ0v) is 14.2. The second-order valence-corrected chi connectivity index (χ2v) is 8.94. The van der Waals surface area contributed by atoms with Gasteiger partial charge in [-0.25, -0.2) is 8.42 Å². The Morgan fingerprint density at radius 1 is 1.17 bits per heavy atom. The maximum atomic E-state index is 12.2. The van der Waals surface area contributed by atoms with Crippen LogP contribution in [0.3, 0.4) is 0 Å². The number of hydrogen-bond acceptors (Lipinski definition) is 4. The molecule has 1 amide bonds. The van der Waals surface area contributed by atoms with Crippen molar-refractivity contribution in [2.75, 3.05) is 17.3 Å². The number of carboxylic acids is 1. The van der Waals surface area contributed by atoms with E-state index in [4.69, 9.17) is 5.11 Å². The fourth-order valence-corrected chi connectivity index (χ4v) is 3.47. The molecule has 1 fully saturated rings. The van der Waals surface area contributed by atoms with Crippen molar-refractivity contribution in [1.29, 1.82) is 0 Å². The first-order chi connectivity index (χ1) is 10.5. The second-order valence-electron chi connectivity index (χ2n) is 6.68. The summed E-state index contributed by atoms with van der Waals surface area (Å²) in [6.45, 7) is 3.54. The molecule has 1 aromatic rings. The van der Waals surface area contributed by atoms with Gasteiger partial charge in [-0.05, 0) is 29.5 Å². The summed E-state index contributed by atoms with van der Waals surface area (Å²) < 4.78 is 22.3. The van der Waals surface area contributed by atoms with Gasteiger partial charge in [0.25, 0.3) is 0 Å². The Hall–Kier alpha value is -1.89. The van der Waals surface area contributed by atoms with Gasteiger partial charge >= 0.3 is 5.97 Å². The predicted octanol–water partition coefficient (Wildman–Crippen LogP) is 1.57. The number of carboxylic acid groups (broad SMARTS) is 1. The van der Waals surface area contributed by atoms with E-state index in [2.05, 4.69) is 5.32 Å². The highest BCUT2D eigenvalue weighted by Gasteiger charge is 2.65. The average Bonchev–Trinajstić information content (AvgIpc) is 3.00. The molecule has 6 nitrogen and oxygen atoms in total. The molecule has 2 atom stereocenters. The van der Waals surface area contributed by atoms with Gasteiger partial charge in [-0.15, -0.1) is 0 Å². The van der Waals surface area contributed by atoms with Gasteiger partial charge in [-0.2, -0.15) is 0 Å². The smallest absolute Gasteiger partial charge is 0.307 e. The number of nitrogens with one attached hydrogen (secondary N) is 1. The van der Waals surface area contributed by atoms with E-state index in [1.807, 2.05) is 0 Å². The van der Waals surface area contributed by atoms with Gasteiger partial charge in [0.05, 0.1) is 17.6 Å². The van der Waals surface area contributed by atoms with Gasteiger partial charge in [0, 0.05) is 11.9 Å². The lowest BCUT2D eigenvalue weighted by Crippen LogP contribution is -2.17. The van der Waals surface area contributed by atoms with Gasteiger partial charge in [-0.3, -0.25) is 9.59 Å². The van der Waals surface area contributed by atoms with Crippen molar-refractivity contribution in [3.63, 3.8) is 0 Å². The topological polar surface area (TPSA) is 101 Å².